The van der Waals surface area contributed by atoms with Gasteiger partial charge in [-0.05, 0) is 0 Å². The molecule has 2 N–H and O–H groups in total. The summed E-state index contributed by atoms with van der Waals surface area (Å²) >= 11 is 0. The van der Waals surface area contributed by atoms with Crippen molar-refractivity contribution in [1.82, 2.24) is 30.0 Å². The average molecular weight is 485 g/mol. The van der Waals surface area contributed by atoms with Crippen LogP contribution in [0.1, 0.15) is 0 Å². The summed E-state index contributed by atoms with van der Waals surface area (Å²) < 4.78 is 1.69. The number of halogens is 1. The number of carbonyl (C=O) groups is 1. The molecule has 0 unspecified atom stereocenters. The van der Waals surface area contributed by atoms with Crippen molar-refractivity contribution in [1.29, 1.82) is 0 Å². The Morgan fingerprint density at radius 3 is 2.74 bits per heavy atom. The number of piperazine rings is 1. The fourth-order valence-electron chi connectivity index (χ4n) is 2.76. The monoisotopic (exact) mass is 485 g/mol. The first-order chi connectivity index (χ1) is 12.7. The van der Waals surface area contributed by atoms with Crippen LogP contribution >= 0.6 is 24.0 Å². The second kappa shape index (κ2) is 10.0. The largest absolute Gasteiger partial charge is 0.367 e. The van der Waals surface area contributed by atoms with Gasteiger partial charge in [0.25, 0.3) is 0 Å². The predicted octanol–water partition coefficient (Wildman–Crippen LogP) is 0.164. The molecule has 1 saturated heterocycles. The number of carbonyl (C=O) groups excluding carboxylic acids is 1. The highest BCUT2D eigenvalue weighted by Crippen LogP contribution is 2.15. The number of aliphatic imine (C=N–C) groups is 1. The van der Waals surface area contributed by atoms with Crippen LogP contribution in [0.3, 0.4) is 0 Å². The topological polar surface area (TPSA) is 104 Å². The predicted molar refractivity (Wildman–Crippen MR) is 114 cm³/mol. The number of rotatable bonds is 5. The molecule has 2 aromatic rings. The Labute approximate surface area is 175 Å². The molecule has 0 aromatic carbocycles. The zero-order valence-corrected chi connectivity index (χ0v) is 17.7. The molecule has 3 rings (SSSR count). The number of guanidine groups is 1. The fraction of sp³-hybridized carbons (Fsp3) is 0.438. The van der Waals surface area contributed by atoms with Crippen LogP contribution in [0.25, 0.3) is 0 Å². The van der Waals surface area contributed by atoms with Crippen LogP contribution in [0, 0.1) is 0 Å². The van der Waals surface area contributed by atoms with Crippen molar-refractivity contribution in [3.05, 3.63) is 31.0 Å². The van der Waals surface area contributed by atoms with Gasteiger partial charge in [-0.3, -0.25) is 19.5 Å². The van der Waals surface area contributed by atoms with E-state index in [0.29, 0.717) is 32.1 Å². The maximum Gasteiger partial charge on any atom is 0.246 e. The molecule has 0 spiro atoms. The van der Waals surface area contributed by atoms with Gasteiger partial charge in [-0.25, -0.2) is 4.98 Å². The van der Waals surface area contributed by atoms with Crippen LogP contribution in [-0.2, 0) is 11.8 Å². The lowest BCUT2D eigenvalue weighted by Crippen LogP contribution is -2.55. The van der Waals surface area contributed by atoms with Crippen molar-refractivity contribution >= 4 is 47.3 Å². The van der Waals surface area contributed by atoms with Gasteiger partial charge in [0.2, 0.25) is 5.91 Å². The van der Waals surface area contributed by atoms with Crippen molar-refractivity contribution in [3.8, 4) is 0 Å². The second-order valence-corrected chi connectivity index (χ2v) is 5.83. The lowest BCUT2D eigenvalue weighted by atomic mass is 10.3. The van der Waals surface area contributed by atoms with Crippen molar-refractivity contribution in [3.63, 3.8) is 0 Å². The zero-order chi connectivity index (χ0) is 18.4. The van der Waals surface area contributed by atoms with E-state index in [-0.39, 0.29) is 36.4 Å². The standard InChI is InChI=1S/C16H23N9O.HI/c1-17-16(21-6-5-20-14-10-18-3-4-19-14)24-7-8-25(15(26)12-24)13-9-22-23(2)11-13;/h3-4,9-11H,5-8,12H2,1-2H3,(H,17,21)(H,19,20);1H. The van der Waals surface area contributed by atoms with Crippen LogP contribution in [0.4, 0.5) is 11.5 Å². The highest BCUT2D eigenvalue weighted by Gasteiger charge is 2.27. The molecule has 1 fully saturated rings. The molecule has 1 aliphatic rings. The van der Waals surface area contributed by atoms with E-state index in [4.69, 9.17) is 0 Å². The number of hydrogen-bond acceptors (Lipinski definition) is 6. The second-order valence-electron chi connectivity index (χ2n) is 5.83. The molecule has 10 nitrogen and oxygen atoms in total. The van der Waals surface area contributed by atoms with Gasteiger partial charge < -0.3 is 20.4 Å². The van der Waals surface area contributed by atoms with Gasteiger partial charge in [-0.1, -0.05) is 0 Å². The van der Waals surface area contributed by atoms with Gasteiger partial charge in [-0.15, -0.1) is 24.0 Å². The first kappa shape index (κ1) is 20.9. The normalized spacial score (nSPS) is 14.7. The van der Waals surface area contributed by atoms with E-state index in [1.807, 2.05) is 18.1 Å². The first-order valence-corrected chi connectivity index (χ1v) is 8.42. The third kappa shape index (κ3) is 5.52. The number of amides is 1. The van der Waals surface area contributed by atoms with Crippen molar-refractivity contribution < 1.29 is 4.79 Å². The molecule has 11 heteroatoms. The summed E-state index contributed by atoms with van der Waals surface area (Å²) in [6, 6.07) is 0. The summed E-state index contributed by atoms with van der Waals surface area (Å²) in [5.74, 6) is 1.47. The molecule has 1 aliphatic heterocycles. The summed E-state index contributed by atoms with van der Waals surface area (Å²) in [4.78, 5) is 28.6. The Morgan fingerprint density at radius 1 is 1.26 bits per heavy atom. The van der Waals surface area contributed by atoms with Crippen LogP contribution in [-0.4, -0.2) is 76.3 Å². The van der Waals surface area contributed by atoms with Crippen LogP contribution in [0.2, 0.25) is 0 Å². The Balaban J connectivity index is 0.00000261. The Kier molecular flexibility index (Phi) is 7.76. The van der Waals surface area contributed by atoms with Gasteiger partial charge in [0.1, 0.15) is 12.4 Å². The molecular weight excluding hydrogens is 461 g/mol. The molecular formula is C16H24IN9O. The SMILES string of the molecule is CN=C(NCCNc1cnccn1)N1CCN(c2cnn(C)c2)C(=O)C1.I. The van der Waals surface area contributed by atoms with Gasteiger partial charge in [0.05, 0.1) is 18.1 Å². The fourth-order valence-corrected chi connectivity index (χ4v) is 2.76. The average Bonchev–Trinajstić information content (AvgIpc) is 3.08. The maximum atomic E-state index is 12.5. The molecule has 3 heterocycles. The van der Waals surface area contributed by atoms with Gasteiger partial charge in [0, 0.05) is 58.9 Å². The van der Waals surface area contributed by atoms with E-state index in [2.05, 4.69) is 30.7 Å². The smallest absolute Gasteiger partial charge is 0.246 e. The molecule has 0 saturated carbocycles. The van der Waals surface area contributed by atoms with E-state index in [1.165, 1.54) is 0 Å². The Hall–Kier alpha value is -2.44. The van der Waals surface area contributed by atoms with Crippen LogP contribution < -0.4 is 15.5 Å². The summed E-state index contributed by atoms with van der Waals surface area (Å²) in [6.45, 7) is 2.91. The molecule has 146 valence electrons. The van der Waals surface area contributed by atoms with Crippen molar-refractivity contribution in [2.45, 2.75) is 0 Å². The summed E-state index contributed by atoms with van der Waals surface area (Å²) in [5.41, 5.74) is 0.827. The molecule has 0 atom stereocenters. The first-order valence-electron chi connectivity index (χ1n) is 8.42. The third-order valence-electron chi connectivity index (χ3n) is 4.01. The summed E-state index contributed by atoms with van der Waals surface area (Å²) in [6.07, 6.45) is 8.50. The van der Waals surface area contributed by atoms with Crippen LogP contribution in [0.5, 0.6) is 0 Å². The van der Waals surface area contributed by atoms with Gasteiger partial charge in [-0.2, -0.15) is 5.10 Å². The highest BCUT2D eigenvalue weighted by atomic mass is 127. The molecule has 1 amide bonds. The minimum absolute atomic E-state index is 0. The maximum absolute atomic E-state index is 12.5. The zero-order valence-electron chi connectivity index (χ0n) is 15.4. The number of aryl methyl sites for hydroxylation is 1. The number of nitrogens with zero attached hydrogens (tertiary/aromatic N) is 7. The minimum atomic E-state index is 0. The number of aromatic nitrogens is 4. The lowest BCUT2D eigenvalue weighted by molar-refractivity contribution is -0.120. The number of nitrogens with one attached hydrogen (secondary N) is 2. The number of hydrogen-bond donors (Lipinski definition) is 2. The summed E-state index contributed by atoms with van der Waals surface area (Å²) in [7, 11) is 3.56. The Morgan fingerprint density at radius 2 is 2.11 bits per heavy atom. The third-order valence-corrected chi connectivity index (χ3v) is 4.01. The quantitative estimate of drug-likeness (QED) is 0.269. The molecule has 0 radical (unpaired) electrons. The van der Waals surface area contributed by atoms with E-state index in [9.17, 15) is 4.79 Å². The number of anilines is 2. The van der Waals surface area contributed by atoms with Crippen LogP contribution in [0.15, 0.2) is 36.0 Å². The minimum Gasteiger partial charge on any atom is -0.367 e. The lowest BCUT2D eigenvalue weighted by Gasteiger charge is -2.35. The van der Waals surface area contributed by atoms with Gasteiger partial charge in [0.15, 0.2) is 5.96 Å². The van der Waals surface area contributed by atoms with Gasteiger partial charge >= 0.3 is 0 Å². The van der Waals surface area contributed by atoms with E-state index < -0.39 is 0 Å². The molecule has 0 bridgehead atoms. The van der Waals surface area contributed by atoms with Crippen molar-refractivity contribution in [2.24, 2.45) is 12.0 Å². The van der Waals surface area contributed by atoms with Crippen molar-refractivity contribution in [2.75, 3.05) is 50.0 Å². The van der Waals surface area contributed by atoms with E-state index in [1.54, 1.807) is 41.4 Å². The summed E-state index contributed by atoms with van der Waals surface area (Å²) in [5, 5.41) is 10.6. The molecule has 0 aliphatic carbocycles. The van der Waals surface area contributed by atoms with E-state index in [0.717, 1.165) is 11.5 Å². The molecule has 2 aromatic heterocycles. The highest BCUT2D eigenvalue weighted by molar-refractivity contribution is 14.0. The Bertz CT molecular complexity index is 764. The van der Waals surface area contributed by atoms with E-state index >= 15 is 0 Å². The molecule has 27 heavy (non-hydrogen) atoms.